The second-order valence-corrected chi connectivity index (χ2v) is 12.7. The van der Waals surface area contributed by atoms with Gasteiger partial charge in [0.05, 0.1) is 25.4 Å². The van der Waals surface area contributed by atoms with Crippen LogP contribution in [-0.4, -0.2) is 98.4 Å². The van der Waals surface area contributed by atoms with E-state index in [1.54, 1.807) is 35.2 Å². The van der Waals surface area contributed by atoms with Gasteiger partial charge in [-0.1, -0.05) is 29.5 Å². The zero-order valence-corrected chi connectivity index (χ0v) is 26.3. The summed E-state index contributed by atoms with van der Waals surface area (Å²) in [4.78, 5) is 36.0. The molecule has 2 aliphatic heterocycles. The second-order valence-electron chi connectivity index (χ2n) is 12.7. The van der Waals surface area contributed by atoms with E-state index in [-0.39, 0.29) is 35.8 Å². The summed E-state index contributed by atoms with van der Waals surface area (Å²) >= 11 is 0. The van der Waals surface area contributed by atoms with Crippen molar-refractivity contribution in [1.82, 2.24) is 34.7 Å². The van der Waals surface area contributed by atoms with Crippen molar-refractivity contribution in [3.05, 3.63) is 71.9 Å². The number of halogens is 1. The molecular weight excluding hydrogens is 573 g/mol. The SMILES string of the molecule is COc1ccccc1-c1cc(C2=CCCN(C(=O)CCn3ccnn3)C2)c(F)c2[nH]c(C(=O)N3CCN(C(C)(C)C)CC3)cc12. The number of methoxy groups -OCH3 is 1. The van der Waals surface area contributed by atoms with Gasteiger partial charge in [-0.25, -0.2) is 4.39 Å². The predicted molar refractivity (Wildman–Crippen MR) is 171 cm³/mol. The number of fused-ring (bicyclic) bond motifs is 1. The first-order valence-corrected chi connectivity index (χ1v) is 15.5. The Hall–Kier alpha value is -4.51. The largest absolute Gasteiger partial charge is 0.496 e. The van der Waals surface area contributed by atoms with Crippen LogP contribution in [0.1, 0.15) is 49.7 Å². The molecule has 2 amide bonds. The lowest BCUT2D eigenvalue weighted by Crippen LogP contribution is -2.54. The number of aromatic nitrogens is 4. The molecule has 1 N–H and O–H groups in total. The molecule has 2 aromatic heterocycles. The lowest BCUT2D eigenvalue weighted by Gasteiger charge is -2.42. The van der Waals surface area contributed by atoms with Gasteiger partial charge in [0.1, 0.15) is 11.4 Å². The van der Waals surface area contributed by atoms with Crippen molar-refractivity contribution in [1.29, 1.82) is 0 Å². The van der Waals surface area contributed by atoms with Crippen molar-refractivity contribution in [2.45, 2.75) is 45.7 Å². The highest BCUT2D eigenvalue weighted by Crippen LogP contribution is 2.40. The Labute approximate surface area is 262 Å². The number of piperazine rings is 1. The molecule has 0 atom stereocenters. The van der Waals surface area contributed by atoms with E-state index in [1.165, 1.54) is 0 Å². The first kappa shape index (κ1) is 30.5. The summed E-state index contributed by atoms with van der Waals surface area (Å²) in [7, 11) is 1.61. The number of ether oxygens (including phenoxy) is 1. The Kier molecular flexibility index (Phi) is 8.46. The standard InChI is InChI=1S/C34H40FN7O3/c1-34(2,3)41-18-16-39(17-19-41)33(44)28-21-27-26(24-9-5-6-10-29(24)45-4)20-25(31(35)32(27)37-28)23-8-7-13-40(22-23)30(43)11-14-42-15-12-36-38-42/h5-6,8-10,12,15,20-21,37H,7,11,13-14,16-19,22H2,1-4H3. The zero-order valence-electron chi connectivity index (χ0n) is 26.3. The molecule has 0 bridgehead atoms. The molecule has 0 radical (unpaired) electrons. The van der Waals surface area contributed by atoms with Gasteiger partial charge in [-0.2, -0.15) is 0 Å². The van der Waals surface area contributed by atoms with Crippen LogP contribution in [0.5, 0.6) is 5.75 Å². The number of carbonyl (C=O) groups excluding carboxylic acids is 2. The second kappa shape index (κ2) is 12.5. The molecule has 1 fully saturated rings. The maximum absolute atomic E-state index is 16.5. The van der Waals surface area contributed by atoms with Crippen molar-refractivity contribution in [3.8, 4) is 16.9 Å². The van der Waals surface area contributed by atoms with Crippen LogP contribution < -0.4 is 4.74 Å². The predicted octanol–water partition coefficient (Wildman–Crippen LogP) is 4.84. The number of H-pyrrole nitrogens is 1. The maximum Gasteiger partial charge on any atom is 0.270 e. The summed E-state index contributed by atoms with van der Waals surface area (Å²) in [6.45, 7) is 10.6. The number of aromatic amines is 1. The topological polar surface area (TPSA) is 99.6 Å². The van der Waals surface area contributed by atoms with Crippen molar-refractivity contribution >= 4 is 28.3 Å². The monoisotopic (exact) mass is 613 g/mol. The fraction of sp³-hybridized carbons (Fsp3) is 0.412. The van der Waals surface area contributed by atoms with Crippen LogP contribution >= 0.6 is 0 Å². The van der Waals surface area contributed by atoms with Crippen molar-refractivity contribution < 1.29 is 18.7 Å². The third-order valence-electron chi connectivity index (χ3n) is 8.87. The molecule has 0 unspecified atom stereocenters. The fourth-order valence-electron chi connectivity index (χ4n) is 6.32. The van der Waals surface area contributed by atoms with Crippen molar-refractivity contribution in [3.63, 3.8) is 0 Å². The lowest BCUT2D eigenvalue weighted by molar-refractivity contribution is -0.131. The first-order chi connectivity index (χ1) is 21.6. The van der Waals surface area contributed by atoms with Gasteiger partial charge in [-0.3, -0.25) is 19.2 Å². The molecule has 0 aliphatic carbocycles. The third-order valence-corrected chi connectivity index (χ3v) is 8.87. The minimum absolute atomic E-state index is 0.0261. The van der Waals surface area contributed by atoms with E-state index in [4.69, 9.17) is 4.74 Å². The average Bonchev–Trinajstić information content (AvgIpc) is 3.74. The summed E-state index contributed by atoms with van der Waals surface area (Å²) in [6, 6.07) is 11.2. The van der Waals surface area contributed by atoms with Crippen LogP contribution in [0.4, 0.5) is 4.39 Å². The van der Waals surface area contributed by atoms with Gasteiger partial charge in [0.2, 0.25) is 5.91 Å². The van der Waals surface area contributed by atoms with Crippen LogP contribution in [-0.2, 0) is 11.3 Å². The van der Waals surface area contributed by atoms with E-state index in [2.05, 4.69) is 41.0 Å². The molecule has 45 heavy (non-hydrogen) atoms. The van der Waals surface area contributed by atoms with Gasteiger partial charge < -0.3 is 19.5 Å². The van der Waals surface area contributed by atoms with E-state index in [9.17, 15) is 9.59 Å². The molecule has 0 spiro atoms. The maximum atomic E-state index is 16.5. The van der Waals surface area contributed by atoms with Gasteiger partial charge in [0, 0.05) is 73.9 Å². The summed E-state index contributed by atoms with van der Waals surface area (Å²) in [6.07, 6.45) is 6.19. The Morgan fingerprint density at radius 3 is 2.49 bits per heavy atom. The van der Waals surface area contributed by atoms with E-state index in [0.29, 0.717) is 55.0 Å². The van der Waals surface area contributed by atoms with Gasteiger partial charge in [0.25, 0.3) is 5.91 Å². The highest BCUT2D eigenvalue weighted by atomic mass is 19.1. The Bertz CT molecular complexity index is 1730. The molecule has 2 aromatic carbocycles. The molecule has 236 valence electrons. The third kappa shape index (κ3) is 6.22. The zero-order chi connectivity index (χ0) is 31.7. The summed E-state index contributed by atoms with van der Waals surface area (Å²) < 4.78 is 23.9. The lowest BCUT2D eigenvalue weighted by atomic mass is 9.93. The number of amides is 2. The van der Waals surface area contributed by atoms with Crippen LogP contribution in [0.3, 0.4) is 0 Å². The molecule has 4 aromatic rings. The van der Waals surface area contributed by atoms with E-state index >= 15 is 4.39 Å². The van der Waals surface area contributed by atoms with Gasteiger partial charge in [-0.15, -0.1) is 5.10 Å². The Morgan fingerprint density at radius 1 is 1.00 bits per heavy atom. The minimum Gasteiger partial charge on any atom is -0.496 e. The first-order valence-electron chi connectivity index (χ1n) is 15.5. The van der Waals surface area contributed by atoms with Crippen molar-refractivity contribution in [2.24, 2.45) is 0 Å². The number of benzene rings is 2. The smallest absolute Gasteiger partial charge is 0.270 e. The molecule has 0 saturated carbocycles. The van der Waals surface area contributed by atoms with E-state index < -0.39 is 5.82 Å². The highest BCUT2D eigenvalue weighted by Gasteiger charge is 2.30. The van der Waals surface area contributed by atoms with Crippen LogP contribution in [0, 0.1) is 5.82 Å². The summed E-state index contributed by atoms with van der Waals surface area (Å²) in [5.41, 5.74) is 3.32. The van der Waals surface area contributed by atoms with Crippen molar-refractivity contribution in [2.75, 3.05) is 46.4 Å². The number of hydrogen-bond donors (Lipinski definition) is 1. The van der Waals surface area contributed by atoms with Gasteiger partial charge in [-0.05, 0) is 56.5 Å². The van der Waals surface area contributed by atoms with Gasteiger partial charge >= 0.3 is 0 Å². The number of hydrogen-bond acceptors (Lipinski definition) is 6. The number of nitrogens with zero attached hydrogens (tertiary/aromatic N) is 6. The fourth-order valence-corrected chi connectivity index (χ4v) is 6.32. The summed E-state index contributed by atoms with van der Waals surface area (Å²) in [5.74, 6) is 0.0317. The molecule has 1 saturated heterocycles. The molecule has 10 nitrogen and oxygen atoms in total. The minimum atomic E-state index is -0.441. The molecule has 2 aliphatic rings. The van der Waals surface area contributed by atoms with Crippen LogP contribution in [0.25, 0.3) is 27.6 Å². The van der Waals surface area contributed by atoms with E-state index in [0.717, 1.165) is 29.8 Å². The van der Waals surface area contributed by atoms with Crippen LogP contribution in [0.15, 0.2) is 54.9 Å². The molecular formula is C34H40FN7O3. The Balaban J connectivity index is 1.34. The summed E-state index contributed by atoms with van der Waals surface area (Å²) in [5, 5.41) is 8.34. The average molecular weight is 614 g/mol. The molecule has 6 rings (SSSR count). The number of rotatable bonds is 7. The van der Waals surface area contributed by atoms with E-state index in [1.807, 2.05) is 41.3 Å². The van der Waals surface area contributed by atoms with Gasteiger partial charge in [0.15, 0.2) is 5.82 Å². The Morgan fingerprint density at radius 2 is 1.78 bits per heavy atom. The highest BCUT2D eigenvalue weighted by molar-refractivity contribution is 6.05. The number of aryl methyl sites for hydroxylation is 1. The quantitative estimate of drug-likeness (QED) is 0.321. The number of nitrogens with one attached hydrogen (secondary N) is 1. The molecule has 4 heterocycles. The normalized spacial score (nSPS) is 16.2. The number of carbonyl (C=O) groups is 2. The number of para-hydroxylation sites is 1. The van der Waals surface area contributed by atoms with Crippen LogP contribution in [0.2, 0.25) is 0 Å². The molecule has 11 heteroatoms.